The molecule has 1 rings (SSSR count). The van der Waals surface area contributed by atoms with Crippen LogP contribution in [0.2, 0.25) is 0 Å². The van der Waals surface area contributed by atoms with Crippen molar-refractivity contribution in [2.75, 3.05) is 6.54 Å². The monoisotopic (exact) mass is 135 g/mol. The van der Waals surface area contributed by atoms with Crippen LogP contribution in [0, 0.1) is 12.5 Å². The van der Waals surface area contributed by atoms with Crippen LogP contribution in [-0.2, 0) is 0 Å². The van der Waals surface area contributed by atoms with Gasteiger partial charge in [-0.2, -0.15) is 0 Å². The van der Waals surface area contributed by atoms with E-state index in [0.717, 1.165) is 6.42 Å². The van der Waals surface area contributed by atoms with Crippen LogP contribution < -0.4 is 0 Å². The molecule has 1 aliphatic rings. The lowest BCUT2D eigenvalue weighted by Crippen LogP contribution is -2.09. The highest BCUT2D eigenvalue weighted by Crippen LogP contribution is 2.27. The molecule has 1 unspecified atom stereocenters. The molecule has 0 aromatic rings. The molecule has 0 spiro atoms. The minimum absolute atomic E-state index is 0.624. The summed E-state index contributed by atoms with van der Waals surface area (Å²) in [6, 6.07) is 0. The minimum atomic E-state index is 0.624. The minimum Gasteiger partial charge on any atom is -0.317 e. The van der Waals surface area contributed by atoms with E-state index in [0.29, 0.717) is 12.5 Å². The first-order valence-electron chi connectivity index (χ1n) is 3.83. The Kier molecular flexibility index (Phi) is 2.50. The van der Waals surface area contributed by atoms with Gasteiger partial charge in [-0.05, 0) is 25.7 Å². The van der Waals surface area contributed by atoms with Crippen LogP contribution in [0.4, 0.5) is 0 Å². The lowest BCUT2D eigenvalue weighted by Gasteiger charge is -2.18. The fourth-order valence-corrected chi connectivity index (χ4v) is 1.54. The maximum atomic E-state index is 6.70. The van der Waals surface area contributed by atoms with Gasteiger partial charge in [0.05, 0.1) is 0 Å². The molecule has 54 valence electrons. The van der Waals surface area contributed by atoms with Crippen molar-refractivity contribution in [1.29, 1.82) is 0 Å². The maximum absolute atomic E-state index is 6.70. The van der Waals surface area contributed by atoms with Gasteiger partial charge in [-0.3, -0.25) is 0 Å². The summed E-state index contributed by atoms with van der Waals surface area (Å²) in [6.07, 6.45) is 4.78. The summed E-state index contributed by atoms with van der Waals surface area (Å²) in [4.78, 5) is 3.40. The van der Waals surface area contributed by atoms with Gasteiger partial charge in [0.2, 0.25) is 6.54 Å². The van der Waals surface area contributed by atoms with Crippen molar-refractivity contribution in [2.45, 2.75) is 25.7 Å². The molecule has 1 fully saturated rings. The molecular formula is C9H13N. The summed E-state index contributed by atoms with van der Waals surface area (Å²) >= 11 is 0. The number of nitrogens with zero attached hydrogens (tertiary/aromatic N) is 1. The van der Waals surface area contributed by atoms with Crippen LogP contribution in [0.15, 0.2) is 12.2 Å². The number of rotatable bonds is 1. The van der Waals surface area contributed by atoms with Gasteiger partial charge in [0.1, 0.15) is 0 Å². The van der Waals surface area contributed by atoms with Crippen molar-refractivity contribution < 1.29 is 0 Å². The standard InChI is InChI=1S/C9H13N/c1-8-4-3-5-9(6-8)7-10-2/h9H,1,3-7H2. The van der Waals surface area contributed by atoms with Crippen LogP contribution >= 0.6 is 0 Å². The molecule has 1 atom stereocenters. The zero-order chi connectivity index (χ0) is 7.40. The molecule has 0 heterocycles. The molecule has 0 aromatic heterocycles. The van der Waals surface area contributed by atoms with Crippen molar-refractivity contribution in [2.24, 2.45) is 5.92 Å². The van der Waals surface area contributed by atoms with Gasteiger partial charge >= 0.3 is 0 Å². The van der Waals surface area contributed by atoms with E-state index in [9.17, 15) is 0 Å². The van der Waals surface area contributed by atoms with Crippen molar-refractivity contribution >= 4 is 0 Å². The highest BCUT2D eigenvalue weighted by molar-refractivity contribution is 5.00. The molecule has 1 nitrogen and oxygen atoms in total. The summed E-state index contributed by atoms with van der Waals surface area (Å²) in [6.45, 7) is 11.4. The quantitative estimate of drug-likeness (QED) is 0.384. The maximum Gasteiger partial charge on any atom is 0.217 e. The van der Waals surface area contributed by atoms with Gasteiger partial charge in [-0.1, -0.05) is 12.2 Å². The Bertz CT molecular complexity index is 164. The second kappa shape index (κ2) is 3.41. The second-order valence-electron chi connectivity index (χ2n) is 3.05. The van der Waals surface area contributed by atoms with Crippen LogP contribution in [0.25, 0.3) is 4.85 Å². The summed E-state index contributed by atoms with van der Waals surface area (Å²) in [5, 5.41) is 0. The molecule has 0 bridgehead atoms. The van der Waals surface area contributed by atoms with Crippen molar-refractivity contribution in [3.8, 4) is 0 Å². The summed E-state index contributed by atoms with van der Waals surface area (Å²) in [5.41, 5.74) is 1.35. The Hall–Kier alpha value is -0.770. The molecule has 1 saturated carbocycles. The van der Waals surface area contributed by atoms with Crippen LogP contribution in [0.1, 0.15) is 25.7 Å². The Morgan fingerprint density at radius 2 is 2.50 bits per heavy atom. The molecule has 0 saturated heterocycles. The lowest BCUT2D eigenvalue weighted by molar-refractivity contribution is 0.445. The Morgan fingerprint density at radius 3 is 3.10 bits per heavy atom. The molecule has 10 heavy (non-hydrogen) atoms. The number of allylic oxidation sites excluding steroid dienone is 1. The van der Waals surface area contributed by atoms with E-state index in [1.807, 2.05) is 0 Å². The van der Waals surface area contributed by atoms with E-state index in [2.05, 4.69) is 11.4 Å². The van der Waals surface area contributed by atoms with E-state index >= 15 is 0 Å². The molecule has 0 N–H and O–H groups in total. The highest BCUT2D eigenvalue weighted by atomic mass is 14.6. The SMILES string of the molecule is [C-]#[N+]CC1CCCC(=C)C1. The number of hydrogen-bond acceptors (Lipinski definition) is 0. The van der Waals surface area contributed by atoms with E-state index in [1.165, 1.54) is 24.8 Å². The summed E-state index contributed by atoms with van der Waals surface area (Å²) < 4.78 is 0. The third kappa shape index (κ3) is 1.88. The molecule has 0 aromatic carbocycles. The zero-order valence-corrected chi connectivity index (χ0v) is 6.27. The van der Waals surface area contributed by atoms with Gasteiger partial charge in [0, 0.05) is 5.92 Å². The third-order valence-electron chi connectivity index (χ3n) is 2.07. The van der Waals surface area contributed by atoms with Crippen LogP contribution in [0.5, 0.6) is 0 Å². The first-order valence-corrected chi connectivity index (χ1v) is 3.83. The van der Waals surface area contributed by atoms with Gasteiger partial charge in [-0.15, -0.1) is 0 Å². The Morgan fingerprint density at radius 1 is 1.70 bits per heavy atom. The topological polar surface area (TPSA) is 4.36 Å². The van der Waals surface area contributed by atoms with Crippen LogP contribution in [0.3, 0.4) is 0 Å². The molecular weight excluding hydrogens is 122 g/mol. The van der Waals surface area contributed by atoms with Gasteiger partial charge < -0.3 is 4.85 Å². The predicted molar refractivity (Wildman–Crippen MR) is 42.6 cm³/mol. The van der Waals surface area contributed by atoms with E-state index < -0.39 is 0 Å². The molecule has 0 amide bonds. The average molecular weight is 135 g/mol. The normalized spacial score (nSPS) is 25.9. The molecule has 1 heteroatoms. The molecule has 0 aliphatic heterocycles. The van der Waals surface area contributed by atoms with Crippen molar-refractivity contribution in [3.05, 3.63) is 23.6 Å². The van der Waals surface area contributed by atoms with E-state index in [-0.39, 0.29) is 0 Å². The fourth-order valence-electron chi connectivity index (χ4n) is 1.54. The third-order valence-corrected chi connectivity index (χ3v) is 2.07. The lowest BCUT2D eigenvalue weighted by atomic mass is 9.86. The zero-order valence-electron chi connectivity index (χ0n) is 6.27. The van der Waals surface area contributed by atoms with Crippen molar-refractivity contribution in [1.82, 2.24) is 0 Å². The van der Waals surface area contributed by atoms with Crippen LogP contribution in [-0.4, -0.2) is 6.54 Å². The average Bonchev–Trinajstić information content (AvgIpc) is 1.88. The predicted octanol–water partition coefficient (Wildman–Crippen LogP) is 2.65. The summed E-state index contributed by atoms with van der Waals surface area (Å²) in [7, 11) is 0. The van der Waals surface area contributed by atoms with E-state index in [4.69, 9.17) is 6.57 Å². The van der Waals surface area contributed by atoms with Gasteiger partial charge in [-0.25, -0.2) is 6.57 Å². The van der Waals surface area contributed by atoms with Gasteiger partial charge in [0.25, 0.3) is 0 Å². The summed E-state index contributed by atoms with van der Waals surface area (Å²) in [5.74, 6) is 0.624. The largest absolute Gasteiger partial charge is 0.317 e. The molecule has 0 radical (unpaired) electrons. The Balaban J connectivity index is 2.34. The number of hydrogen-bond donors (Lipinski definition) is 0. The highest BCUT2D eigenvalue weighted by Gasteiger charge is 2.17. The van der Waals surface area contributed by atoms with Gasteiger partial charge in [0.15, 0.2) is 0 Å². The second-order valence-corrected chi connectivity index (χ2v) is 3.05. The van der Waals surface area contributed by atoms with E-state index in [1.54, 1.807) is 0 Å². The Labute approximate surface area is 62.6 Å². The molecule has 1 aliphatic carbocycles. The fraction of sp³-hybridized carbons (Fsp3) is 0.667. The first-order chi connectivity index (χ1) is 4.83. The smallest absolute Gasteiger partial charge is 0.217 e. The first kappa shape index (κ1) is 7.34. The van der Waals surface area contributed by atoms with Crippen molar-refractivity contribution in [3.63, 3.8) is 0 Å².